The molecule has 0 aliphatic carbocycles. The Morgan fingerprint density at radius 3 is 2.23 bits per heavy atom. The van der Waals surface area contributed by atoms with E-state index in [1.54, 1.807) is 0 Å². The summed E-state index contributed by atoms with van der Waals surface area (Å²) in [7, 11) is 0. The second kappa shape index (κ2) is 7.80. The van der Waals surface area contributed by atoms with Crippen molar-refractivity contribution in [1.29, 1.82) is 0 Å². The molecule has 0 radical (unpaired) electrons. The number of hydrogen-bond acceptors (Lipinski definition) is 3. The molecule has 0 fully saturated rings. The molecule has 0 unspecified atom stereocenters. The van der Waals surface area contributed by atoms with E-state index in [0.717, 1.165) is 32.1 Å². The van der Waals surface area contributed by atoms with Gasteiger partial charge in [0.05, 0.1) is 5.97 Å². The van der Waals surface area contributed by atoms with Crippen LogP contribution in [-0.2, 0) is 4.79 Å². The number of aliphatic hydroxyl groups is 1. The van der Waals surface area contributed by atoms with Crippen LogP contribution in [0.15, 0.2) is 12.2 Å². The van der Waals surface area contributed by atoms with Crippen LogP contribution in [0.2, 0.25) is 0 Å². The van der Waals surface area contributed by atoms with Crippen LogP contribution in [0.25, 0.3) is 0 Å². The highest BCUT2D eigenvalue weighted by molar-refractivity contribution is 5.83. The van der Waals surface area contributed by atoms with E-state index in [1.165, 1.54) is 0 Å². The van der Waals surface area contributed by atoms with Crippen molar-refractivity contribution in [3.8, 4) is 0 Å². The first-order valence-corrected chi connectivity index (χ1v) is 4.68. The van der Waals surface area contributed by atoms with Gasteiger partial charge in [0.25, 0.3) is 0 Å². The number of carboxylic acids is 1. The van der Waals surface area contributed by atoms with Crippen LogP contribution in [0.3, 0.4) is 0 Å². The third kappa shape index (κ3) is 7.53. The molecule has 3 heteroatoms. The van der Waals surface area contributed by atoms with E-state index in [9.17, 15) is 9.90 Å². The molecule has 0 rings (SSSR count). The molecule has 0 aromatic heterocycles. The van der Waals surface area contributed by atoms with Crippen LogP contribution in [0.5, 0.6) is 0 Å². The molecule has 0 saturated carbocycles. The molecule has 0 atom stereocenters. The van der Waals surface area contributed by atoms with Crippen LogP contribution >= 0.6 is 0 Å². The summed E-state index contributed by atoms with van der Waals surface area (Å²) >= 11 is 0. The number of rotatable bonds is 8. The third-order valence-corrected chi connectivity index (χ3v) is 1.93. The molecule has 13 heavy (non-hydrogen) atoms. The Kier molecular flexibility index (Phi) is 7.30. The lowest BCUT2D eigenvalue weighted by Gasteiger charge is -2.05. The van der Waals surface area contributed by atoms with Gasteiger partial charge >= 0.3 is 0 Å². The fourth-order valence-electron chi connectivity index (χ4n) is 1.08. The maximum absolute atomic E-state index is 10.2. The maximum atomic E-state index is 10.2. The second-order valence-electron chi connectivity index (χ2n) is 3.13. The lowest BCUT2D eigenvalue weighted by atomic mass is 10.1. The molecule has 0 spiro atoms. The number of aliphatic hydroxyl groups excluding tert-OH is 1. The standard InChI is InChI=1S/C10H18O3/c1-9(10(12)13)7-5-3-2-4-6-8-11/h11H,1-8H2,(H,12,13)/p-1. The second-order valence-corrected chi connectivity index (χ2v) is 3.13. The third-order valence-electron chi connectivity index (χ3n) is 1.93. The molecule has 0 aliphatic heterocycles. The first-order chi connectivity index (χ1) is 6.18. The summed E-state index contributed by atoms with van der Waals surface area (Å²) in [5, 5.41) is 18.7. The Morgan fingerprint density at radius 1 is 1.15 bits per heavy atom. The van der Waals surface area contributed by atoms with E-state index in [4.69, 9.17) is 5.11 Å². The van der Waals surface area contributed by atoms with Gasteiger partial charge in [-0.05, 0) is 24.8 Å². The number of carbonyl (C=O) groups is 1. The van der Waals surface area contributed by atoms with Crippen molar-refractivity contribution in [2.75, 3.05) is 6.61 Å². The first-order valence-electron chi connectivity index (χ1n) is 4.68. The highest BCUT2D eigenvalue weighted by Gasteiger charge is 1.95. The zero-order valence-electron chi connectivity index (χ0n) is 7.92. The van der Waals surface area contributed by atoms with Crippen molar-refractivity contribution < 1.29 is 15.0 Å². The molecule has 1 N–H and O–H groups in total. The SMILES string of the molecule is C=C(CCCCCCCO)C(=O)[O-]. The lowest BCUT2D eigenvalue weighted by Crippen LogP contribution is -2.23. The summed E-state index contributed by atoms with van der Waals surface area (Å²) in [5.74, 6) is -1.14. The molecule has 3 nitrogen and oxygen atoms in total. The largest absolute Gasteiger partial charge is 0.545 e. The van der Waals surface area contributed by atoms with Crippen LogP contribution < -0.4 is 5.11 Å². The summed E-state index contributed by atoms with van der Waals surface area (Å²) in [6.07, 6.45) is 5.24. The highest BCUT2D eigenvalue weighted by Crippen LogP contribution is 2.08. The number of unbranched alkanes of at least 4 members (excludes halogenated alkanes) is 4. The van der Waals surface area contributed by atoms with Gasteiger partial charge in [-0.25, -0.2) is 0 Å². The van der Waals surface area contributed by atoms with E-state index in [2.05, 4.69) is 6.58 Å². The van der Waals surface area contributed by atoms with Gasteiger partial charge in [0, 0.05) is 6.61 Å². The van der Waals surface area contributed by atoms with E-state index in [-0.39, 0.29) is 12.2 Å². The molecule has 0 bridgehead atoms. The average molecular weight is 185 g/mol. The summed E-state index contributed by atoms with van der Waals surface area (Å²) < 4.78 is 0. The van der Waals surface area contributed by atoms with Crippen molar-refractivity contribution >= 4 is 5.97 Å². The van der Waals surface area contributed by atoms with Gasteiger partial charge in [-0.3, -0.25) is 0 Å². The fourth-order valence-corrected chi connectivity index (χ4v) is 1.08. The molecule has 0 saturated heterocycles. The smallest absolute Gasteiger partial charge is 0.0668 e. The van der Waals surface area contributed by atoms with Crippen molar-refractivity contribution in [2.45, 2.75) is 38.5 Å². The van der Waals surface area contributed by atoms with Crippen molar-refractivity contribution in [1.82, 2.24) is 0 Å². The molecular weight excluding hydrogens is 168 g/mol. The molecule has 0 amide bonds. The minimum absolute atomic E-state index is 0.183. The van der Waals surface area contributed by atoms with Crippen LogP contribution in [-0.4, -0.2) is 17.7 Å². The quantitative estimate of drug-likeness (QED) is 0.445. The number of aliphatic carboxylic acids is 1. The van der Waals surface area contributed by atoms with E-state index in [0.29, 0.717) is 6.42 Å². The topological polar surface area (TPSA) is 60.4 Å². The Bertz CT molecular complexity index is 164. The number of carboxylic acid groups (broad SMARTS) is 1. The van der Waals surface area contributed by atoms with Crippen molar-refractivity contribution in [3.63, 3.8) is 0 Å². The minimum atomic E-state index is -1.14. The number of carbonyl (C=O) groups excluding carboxylic acids is 1. The number of hydrogen-bond donors (Lipinski definition) is 1. The van der Waals surface area contributed by atoms with E-state index in [1.807, 2.05) is 0 Å². The fraction of sp³-hybridized carbons (Fsp3) is 0.700. The Balaban J connectivity index is 3.16. The van der Waals surface area contributed by atoms with Gasteiger partial charge in [-0.15, -0.1) is 0 Å². The van der Waals surface area contributed by atoms with Crippen LogP contribution in [0, 0.1) is 0 Å². The van der Waals surface area contributed by atoms with Gasteiger partial charge in [0.1, 0.15) is 0 Å². The van der Waals surface area contributed by atoms with Crippen molar-refractivity contribution in [3.05, 3.63) is 12.2 Å². The average Bonchev–Trinajstić information content (AvgIpc) is 2.10. The van der Waals surface area contributed by atoms with Gasteiger partial charge in [0.2, 0.25) is 0 Å². The van der Waals surface area contributed by atoms with Crippen LogP contribution in [0.4, 0.5) is 0 Å². The molecule has 0 heterocycles. The Morgan fingerprint density at radius 2 is 1.69 bits per heavy atom. The Hall–Kier alpha value is -0.830. The predicted octanol–water partition coefficient (Wildman–Crippen LogP) is 0.625. The summed E-state index contributed by atoms with van der Waals surface area (Å²) in [6, 6.07) is 0. The molecular formula is C10H17O3-. The van der Waals surface area contributed by atoms with Gasteiger partial charge < -0.3 is 15.0 Å². The van der Waals surface area contributed by atoms with E-state index >= 15 is 0 Å². The monoisotopic (exact) mass is 185 g/mol. The van der Waals surface area contributed by atoms with E-state index < -0.39 is 5.97 Å². The maximum Gasteiger partial charge on any atom is 0.0668 e. The van der Waals surface area contributed by atoms with Crippen molar-refractivity contribution in [2.24, 2.45) is 0 Å². The first kappa shape index (κ1) is 12.2. The summed E-state index contributed by atoms with van der Waals surface area (Å²) in [4.78, 5) is 10.2. The normalized spacial score (nSPS) is 9.92. The zero-order chi connectivity index (χ0) is 10.1. The lowest BCUT2D eigenvalue weighted by molar-refractivity contribution is -0.299. The van der Waals surface area contributed by atoms with Gasteiger partial charge in [-0.2, -0.15) is 0 Å². The molecule has 0 aromatic carbocycles. The Labute approximate surface area is 79.1 Å². The zero-order valence-corrected chi connectivity index (χ0v) is 7.92. The van der Waals surface area contributed by atoms with Gasteiger partial charge in [0.15, 0.2) is 0 Å². The molecule has 0 aromatic rings. The minimum Gasteiger partial charge on any atom is -0.545 e. The van der Waals surface area contributed by atoms with Gasteiger partial charge in [-0.1, -0.05) is 25.8 Å². The summed E-state index contributed by atoms with van der Waals surface area (Å²) in [5.41, 5.74) is 0.183. The summed E-state index contributed by atoms with van der Waals surface area (Å²) in [6.45, 7) is 3.63. The van der Waals surface area contributed by atoms with Crippen LogP contribution in [0.1, 0.15) is 38.5 Å². The predicted molar refractivity (Wildman–Crippen MR) is 48.9 cm³/mol. The molecule has 0 aliphatic rings. The molecule has 76 valence electrons. The highest BCUT2D eigenvalue weighted by atomic mass is 16.4.